The number of rotatable bonds is 3. The molecular weight excluding hydrogens is 308 g/mol. The topological polar surface area (TPSA) is 0 Å². The van der Waals surface area contributed by atoms with Crippen LogP contribution in [0.25, 0.3) is 0 Å². The van der Waals surface area contributed by atoms with Gasteiger partial charge in [-0.2, -0.15) is 11.8 Å². The van der Waals surface area contributed by atoms with Crippen LogP contribution >= 0.6 is 55.0 Å². The van der Waals surface area contributed by atoms with E-state index >= 15 is 0 Å². The van der Waals surface area contributed by atoms with Crippen LogP contribution in [0.4, 0.5) is 0 Å². The minimum Gasteiger partial charge on any atom is -0.157 e. The molecule has 0 N–H and O–H groups in total. The van der Waals surface area contributed by atoms with Crippen LogP contribution in [0.1, 0.15) is 11.8 Å². The summed E-state index contributed by atoms with van der Waals surface area (Å²) >= 11 is 10.7. The van der Waals surface area contributed by atoms with Crippen molar-refractivity contribution in [3.63, 3.8) is 0 Å². The van der Waals surface area contributed by atoms with Crippen molar-refractivity contribution in [1.82, 2.24) is 0 Å². The van der Waals surface area contributed by atoms with Gasteiger partial charge in [-0.3, -0.25) is 0 Å². The van der Waals surface area contributed by atoms with Crippen LogP contribution in [0, 0.1) is 0 Å². The maximum Gasteiger partial charge on any atom is 0.0713 e. The van der Waals surface area contributed by atoms with E-state index in [1.54, 1.807) is 11.3 Å². The van der Waals surface area contributed by atoms with Gasteiger partial charge >= 0.3 is 0 Å². The van der Waals surface area contributed by atoms with E-state index in [0.717, 1.165) is 5.75 Å². The molecule has 0 aliphatic rings. The Bertz CT molecular complexity index is 232. The summed E-state index contributed by atoms with van der Waals surface area (Å²) in [5.74, 6) is 2.30. The molecule has 0 bridgehead atoms. The first-order chi connectivity index (χ1) is 5.24. The van der Waals surface area contributed by atoms with E-state index in [4.69, 9.17) is 0 Å². The van der Waals surface area contributed by atoms with Crippen molar-refractivity contribution in [3.05, 3.63) is 19.2 Å². The number of thiophene rings is 1. The van der Waals surface area contributed by atoms with Crippen LogP contribution in [0.5, 0.6) is 0 Å². The Morgan fingerprint density at radius 3 is 2.73 bits per heavy atom. The lowest BCUT2D eigenvalue weighted by Crippen LogP contribution is -1.74. The summed E-state index contributed by atoms with van der Waals surface area (Å²) in [4.78, 5) is 1.42. The van der Waals surface area contributed by atoms with Crippen LogP contribution in [0.3, 0.4) is 0 Å². The molecule has 0 saturated heterocycles. The third-order valence-corrected chi connectivity index (χ3v) is 4.86. The molecule has 0 aromatic carbocycles. The molecule has 0 spiro atoms. The molecule has 0 fully saturated rings. The molecule has 1 aromatic rings. The van der Waals surface area contributed by atoms with Gasteiger partial charge in [-0.05, 0) is 43.7 Å². The standard InChI is InChI=1S/C7H8Br2S2/c1-2-10-4-6-5(8)3-7(9)11-6/h3H,2,4H2,1H3. The Kier molecular flexibility index (Phi) is 4.49. The fourth-order valence-corrected chi connectivity index (χ4v) is 4.34. The SMILES string of the molecule is CCSCc1sc(Br)cc1Br. The highest BCUT2D eigenvalue weighted by Gasteiger charge is 2.03. The van der Waals surface area contributed by atoms with Gasteiger partial charge in [-0.25, -0.2) is 0 Å². The molecule has 0 amide bonds. The van der Waals surface area contributed by atoms with Crippen molar-refractivity contribution in [2.45, 2.75) is 12.7 Å². The summed E-state index contributed by atoms with van der Waals surface area (Å²) in [7, 11) is 0. The van der Waals surface area contributed by atoms with Crippen LogP contribution in [0.15, 0.2) is 14.3 Å². The van der Waals surface area contributed by atoms with Gasteiger partial charge < -0.3 is 0 Å². The molecular formula is C7H8Br2S2. The number of hydrogen-bond acceptors (Lipinski definition) is 2. The minimum atomic E-state index is 1.12. The maximum atomic E-state index is 3.51. The molecule has 11 heavy (non-hydrogen) atoms. The molecule has 62 valence electrons. The number of thioether (sulfide) groups is 1. The first-order valence-corrected chi connectivity index (χ1v) is 6.81. The van der Waals surface area contributed by atoms with Crippen LogP contribution in [-0.4, -0.2) is 5.75 Å². The third-order valence-electron chi connectivity index (χ3n) is 1.16. The highest BCUT2D eigenvalue weighted by molar-refractivity contribution is 9.11. The Labute approximate surface area is 92.0 Å². The highest BCUT2D eigenvalue weighted by Crippen LogP contribution is 2.33. The van der Waals surface area contributed by atoms with Gasteiger partial charge in [0.05, 0.1) is 3.79 Å². The van der Waals surface area contributed by atoms with Crippen LogP contribution in [0.2, 0.25) is 0 Å². The highest BCUT2D eigenvalue weighted by atomic mass is 79.9. The molecule has 0 saturated carbocycles. The quantitative estimate of drug-likeness (QED) is 0.790. The molecule has 0 aliphatic heterocycles. The summed E-state index contributed by atoms with van der Waals surface area (Å²) in [6.45, 7) is 2.18. The molecule has 4 heteroatoms. The van der Waals surface area contributed by atoms with Crippen molar-refractivity contribution in [2.75, 3.05) is 5.75 Å². The van der Waals surface area contributed by atoms with Crippen LogP contribution < -0.4 is 0 Å². The summed E-state index contributed by atoms with van der Waals surface area (Å²) < 4.78 is 2.44. The molecule has 1 heterocycles. The summed E-state index contributed by atoms with van der Waals surface area (Å²) in [5, 5.41) is 0. The third kappa shape index (κ3) is 3.09. The fraction of sp³-hybridized carbons (Fsp3) is 0.429. The average molecular weight is 316 g/mol. The van der Waals surface area contributed by atoms with Gasteiger partial charge in [0, 0.05) is 15.1 Å². The van der Waals surface area contributed by atoms with Gasteiger partial charge in [-0.1, -0.05) is 6.92 Å². The Balaban J connectivity index is 2.62. The lowest BCUT2D eigenvalue weighted by atomic mass is 10.5. The normalized spacial score (nSPS) is 10.5. The smallest absolute Gasteiger partial charge is 0.0713 e. The second-order valence-corrected chi connectivity index (χ2v) is 6.60. The zero-order valence-electron chi connectivity index (χ0n) is 6.06. The van der Waals surface area contributed by atoms with Crippen molar-refractivity contribution >= 4 is 55.0 Å². The Hall–Kier alpha value is 1.01. The summed E-state index contributed by atoms with van der Waals surface area (Å²) in [6.07, 6.45) is 0. The molecule has 0 atom stereocenters. The van der Waals surface area contributed by atoms with E-state index in [9.17, 15) is 0 Å². The van der Waals surface area contributed by atoms with Gasteiger partial charge in [0.2, 0.25) is 0 Å². The Morgan fingerprint density at radius 1 is 1.55 bits per heavy atom. The predicted octanol–water partition coefficient (Wildman–Crippen LogP) is 4.53. The monoisotopic (exact) mass is 314 g/mol. The van der Waals surface area contributed by atoms with E-state index in [1.165, 1.54) is 18.9 Å². The number of hydrogen-bond donors (Lipinski definition) is 0. The van der Waals surface area contributed by atoms with E-state index in [0.29, 0.717) is 0 Å². The van der Waals surface area contributed by atoms with Crippen molar-refractivity contribution in [2.24, 2.45) is 0 Å². The number of halogens is 2. The maximum absolute atomic E-state index is 3.51. The van der Waals surface area contributed by atoms with Gasteiger partial charge in [0.15, 0.2) is 0 Å². The molecule has 0 aliphatic carbocycles. The van der Waals surface area contributed by atoms with Crippen molar-refractivity contribution in [3.8, 4) is 0 Å². The van der Waals surface area contributed by atoms with Crippen molar-refractivity contribution < 1.29 is 0 Å². The van der Waals surface area contributed by atoms with E-state index < -0.39 is 0 Å². The largest absolute Gasteiger partial charge is 0.157 e. The second kappa shape index (κ2) is 4.90. The first kappa shape index (κ1) is 10.1. The average Bonchev–Trinajstić information content (AvgIpc) is 2.26. The zero-order valence-corrected chi connectivity index (χ0v) is 10.9. The molecule has 1 aromatic heterocycles. The lowest BCUT2D eigenvalue weighted by molar-refractivity contribution is 1.45. The van der Waals surface area contributed by atoms with Gasteiger partial charge in [0.1, 0.15) is 0 Å². The first-order valence-electron chi connectivity index (χ1n) is 3.25. The summed E-state index contributed by atoms with van der Waals surface area (Å²) in [5.41, 5.74) is 0. The van der Waals surface area contributed by atoms with Crippen molar-refractivity contribution in [1.29, 1.82) is 0 Å². The summed E-state index contributed by atoms with van der Waals surface area (Å²) in [6, 6.07) is 2.11. The fourth-order valence-electron chi connectivity index (χ4n) is 0.669. The van der Waals surface area contributed by atoms with Gasteiger partial charge in [0.25, 0.3) is 0 Å². The lowest BCUT2D eigenvalue weighted by Gasteiger charge is -1.94. The predicted molar refractivity (Wildman–Crippen MR) is 61.6 cm³/mol. The molecule has 1 rings (SSSR count). The van der Waals surface area contributed by atoms with Crippen LogP contribution in [-0.2, 0) is 5.75 Å². The van der Waals surface area contributed by atoms with E-state index in [-0.39, 0.29) is 0 Å². The molecule has 0 unspecified atom stereocenters. The van der Waals surface area contributed by atoms with E-state index in [1.807, 2.05) is 11.8 Å². The zero-order chi connectivity index (χ0) is 8.27. The molecule has 0 nitrogen and oxygen atoms in total. The minimum absolute atomic E-state index is 1.12. The second-order valence-electron chi connectivity index (χ2n) is 1.96. The van der Waals surface area contributed by atoms with E-state index in [2.05, 4.69) is 44.8 Å². The Morgan fingerprint density at radius 2 is 2.27 bits per heavy atom. The molecule has 0 radical (unpaired) electrons. The van der Waals surface area contributed by atoms with Gasteiger partial charge in [-0.15, -0.1) is 11.3 Å².